The summed E-state index contributed by atoms with van der Waals surface area (Å²) in [6.07, 6.45) is 2.40. The molecule has 6 heteroatoms. The van der Waals surface area contributed by atoms with Gasteiger partial charge in [0.1, 0.15) is 0 Å². The van der Waals surface area contributed by atoms with E-state index in [2.05, 4.69) is 33.0 Å². The predicted octanol–water partition coefficient (Wildman–Crippen LogP) is 4.55. The van der Waals surface area contributed by atoms with Crippen LogP contribution in [0.15, 0.2) is 48.5 Å². The first kappa shape index (κ1) is 21.8. The summed E-state index contributed by atoms with van der Waals surface area (Å²) in [6, 6.07) is 15.8. The van der Waals surface area contributed by atoms with E-state index in [0.717, 1.165) is 18.7 Å². The molecule has 1 heterocycles. The van der Waals surface area contributed by atoms with E-state index in [-0.39, 0.29) is 23.9 Å². The monoisotopic (exact) mass is 408 g/mol. The van der Waals surface area contributed by atoms with Crippen molar-refractivity contribution in [3.05, 3.63) is 59.7 Å². The lowest BCUT2D eigenvalue weighted by Gasteiger charge is -2.28. The van der Waals surface area contributed by atoms with Crippen molar-refractivity contribution in [1.82, 2.24) is 10.2 Å². The highest BCUT2D eigenvalue weighted by Crippen LogP contribution is 2.25. The molecule has 0 spiro atoms. The van der Waals surface area contributed by atoms with Crippen molar-refractivity contribution in [1.29, 1.82) is 0 Å². The Labute approximate surface area is 179 Å². The lowest BCUT2D eigenvalue weighted by molar-refractivity contribution is -0.118. The summed E-state index contributed by atoms with van der Waals surface area (Å²) in [7, 11) is 0. The molecule has 1 unspecified atom stereocenters. The Hall–Kier alpha value is -2.86. The van der Waals surface area contributed by atoms with Crippen molar-refractivity contribution in [2.45, 2.75) is 39.7 Å². The number of rotatable bonds is 7. The van der Waals surface area contributed by atoms with E-state index in [1.54, 1.807) is 6.07 Å². The molecule has 0 bridgehead atoms. The van der Waals surface area contributed by atoms with Crippen molar-refractivity contribution in [2.24, 2.45) is 5.92 Å². The van der Waals surface area contributed by atoms with E-state index < -0.39 is 0 Å². The van der Waals surface area contributed by atoms with E-state index in [9.17, 15) is 9.59 Å². The maximum atomic E-state index is 12.6. The third-order valence-corrected chi connectivity index (χ3v) is 5.50. The van der Waals surface area contributed by atoms with Gasteiger partial charge in [0.2, 0.25) is 5.91 Å². The van der Waals surface area contributed by atoms with Gasteiger partial charge in [-0.25, -0.2) is 4.79 Å². The summed E-state index contributed by atoms with van der Waals surface area (Å²) in [6.45, 7) is 8.28. The molecule has 2 aromatic rings. The van der Waals surface area contributed by atoms with Crippen LogP contribution < -0.4 is 16.0 Å². The molecule has 1 aliphatic rings. The number of carbonyl (C=O) groups excluding carboxylic acids is 2. The number of urea groups is 1. The second-order valence-corrected chi connectivity index (χ2v) is 8.18. The van der Waals surface area contributed by atoms with Crippen LogP contribution in [0.2, 0.25) is 0 Å². The highest BCUT2D eigenvalue weighted by Gasteiger charge is 2.23. The van der Waals surface area contributed by atoms with E-state index in [4.69, 9.17) is 0 Å². The molecule has 6 nitrogen and oxygen atoms in total. The van der Waals surface area contributed by atoms with Crippen LogP contribution in [0.4, 0.5) is 16.2 Å². The molecule has 160 valence electrons. The average molecular weight is 409 g/mol. The number of anilines is 2. The lowest BCUT2D eigenvalue weighted by atomic mass is 10.1. The number of nitrogens with one attached hydrogen (secondary N) is 3. The third kappa shape index (κ3) is 5.83. The first-order valence-electron chi connectivity index (χ1n) is 10.7. The van der Waals surface area contributed by atoms with Crippen LogP contribution in [0.25, 0.3) is 0 Å². The Balaban J connectivity index is 1.63. The molecule has 0 aliphatic carbocycles. The quantitative estimate of drug-likeness (QED) is 0.629. The van der Waals surface area contributed by atoms with Crippen LogP contribution in [0.5, 0.6) is 0 Å². The predicted molar refractivity (Wildman–Crippen MR) is 122 cm³/mol. The van der Waals surface area contributed by atoms with Gasteiger partial charge in [-0.15, -0.1) is 0 Å². The number of nitrogens with zero attached hydrogens (tertiary/aromatic N) is 1. The van der Waals surface area contributed by atoms with E-state index in [0.29, 0.717) is 17.9 Å². The first-order valence-corrected chi connectivity index (χ1v) is 10.7. The van der Waals surface area contributed by atoms with Gasteiger partial charge < -0.3 is 16.0 Å². The lowest BCUT2D eigenvalue weighted by Crippen LogP contribution is -2.38. The molecule has 0 radical (unpaired) electrons. The highest BCUT2D eigenvalue weighted by atomic mass is 16.2. The minimum absolute atomic E-state index is 0.0504. The molecule has 3 N–H and O–H groups in total. The van der Waals surface area contributed by atoms with Crippen LogP contribution in [0, 0.1) is 12.8 Å². The van der Waals surface area contributed by atoms with Crippen LogP contribution in [-0.4, -0.2) is 36.5 Å². The van der Waals surface area contributed by atoms with E-state index in [1.807, 2.05) is 51.1 Å². The Morgan fingerprint density at radius 3 is 2.37 bits per heavy atom. The van der Waals surface area contributed by atoms with Crippen molar-refractivity contribution >= 4 is 23.3 Å². The summed E-state index contributed by atoms with van der Waals surface area (Å²) in [4.78, 5) is 27.0. The molecule has 0 saturated carbocycles. The number of carbonyl (C=O) groups is 2. The van der Waals surface area contributed by atoms with Crippen molar-refractivity contribution < 1.29 is 9.59 Å². The molecule has 1 atom stereocenters. The van der Waals surface area contributed by atoms with Crippen LogP contribution in [-0.2, 0) is 4.79 Å². The molecule has 1 fully saturated rings. The summed E-state index contributed by atoms with van der Waals surface area (Å²) in [5.74, 6) is -0.155. The molecule has 1 aliphatic heterocycles. The van der Waals surface area contributed by atoms with Gasteiger partial charge in [0.05, 0.1) is 6.04 Å². The summed E-state index contributed by atoms with van der Waals surface area (Å²) in [5, 5.41) is 8.84. The smallest absolute Gasteiger partial charge is 0.319 e. The zero-order valence-electron chi connectivity index (χ0n) is 18.1. The number of likely N-dealkylation sites (tertiary alicyclic amines) is 1. The molecule has 2 aromatic carbocycles. The van der Waals surface area contributed by atoms with Crippen LogP contribution in [0.1, 0.15) is 43.9 Å². The zero-order chi connectivity index (χ0) is 21.5. The van der Waals surface area contributed by atoms with E-state index in [1.165, 1.54) is 18.4 Å². The zero-order valence-corrected chi connectivity index (χ0v) is 18.1. The van der Waals surface area contributed by atoms with Gasteiger partial charge in [-0.05, 0) is 56.1 Å². The maximum Gasteiger partial charge on any atom is 0.319 e. The standard InChI is InChI=1S/C24H32N4O2/c1-17(2)23(29)26-20-12-11-18(3)21(15-20)27-24(30)25-16-22(28-13-7-8-14-28)19-9-5-4-6-10-19/h4-6,9-12,15,17,22H,7-8,13-14,16H2,1-3H3,(H,26,29)(H2,25,27,30). The Morgan fingerprint density at radius 1 is 1.00 bits per heavy atom. The Kier molecular flexibility index (Phi) is 7.46. The number of benzene rings is 2. The molecular weight excluding hydrogens is 376 g/mol. The molecule has 0 aromatic heterocycles. The van der Waals surface area contributed by atoms with Gasteiger partial charge >= 0.3 is 6.03 Å². The molecule has 3 rings (SSSR count). The number of amides is 3. The second-order valence-electron chi connectivity index (χ2n) is 8.18. The van der Waals surface area contributed by atoms with Crippen molar-refractivity contribution in [2.75, 3.05) is 30.3 Å². The van der Waals surface area contributed by atoms with Gasteiger partial charge in [-0.2, -0.15) is 0 Å². The fourth-order valence-electron chi connectivity index (χ4n) is 3.66. The van der Waals surface area contributed by atoms with Gasteiger partial charge in [-0.3, -0.25) is 9.69 Å². The minimum Gasteiger partial charge on any atom is -0.336 e. The maximum absolute atomic E-state index is 12.6. The van der Waals surface area contributed by atoms with E-state index >= 15 is 0 Å². The van der Waals surface area contributed by atoms with Crippen molar-refractivity contribution in [3.63, 3.8) is 0 Å². The first-order chi connectivity index (χ1) is 14.4. The summed E-state index contributed by atoms with van der Waals surface area (Å²) in [5.41, 5.74) is 3.52. The Morgan fingerprint density at radius 2 is 1.70 bits per heavy atom. The number of hydrogen-bond acceptors (Lipinski definition) is 3. The SMILES string of the molecule is Cc1ccc(NC(=O)C(C)C)cc1NC(=O)NCC(c1ccccc1)N1CCCC1. The molecular formula is C24H32N4O2. The minimum atomic E-state index is -0.245. The second kappa shape index (κ2) is 10.3. The van der Waals surface area contributed by atoms with Gasteiger partial charge in [0.25, 0.3) is 0 Å². The third-order valence-electron chi connectivity index (χ3n) is 5.50. The van der Waals surface area contributed by atoms with Gasteiger partial charge in [-0.1, -0.05) is 50.2 Å². The van der Waals surface area contributed by atoms with Crippen LogP contribution in [0.3, 0.4) is 0 Å². The Bertz CT molecular complexity index is 861. The van der Waals surface area contributed by atoms with Crippen molar-refractivity contribution in [3.8, 4) is 0 Å². The summed E-state index contributed by atoms with van der Waals surface area (Å²) < 4.78 is 0. The number of aryl methyl sites for hydroxylation is 1. The van der Waals surface area contributed by atoms with Crippen LogP contribution >= 0.6 is 0 Å². The molecule has 30 heavy (non-hydrogen) atoms. The normalized spacial score (nSPS) is 15.1. The molecule has 3 amide bonds. The molecule has 1 saturated heterocycles. The van der Waals surface area contributed by atoms with Gasteiger partial charge in [0.15, 0.2) is 0 Å². The number of hydrogen-bond donors (Lipinski definition) is 3. The average Bonchev–Trinajstić information content (AvgIpc) is 3.26. The summed E-state index contributed by atoms with van der Waals surface area (Å²) >= 11 is 0. The topological polar surface area (TPSA) is 73.5 Å². The fraction of sp³-hybridized carbons (Fsp3) is 0.417. The van der Waals surface area contributed by atoms with Gasteiger partial charge in [0, 0.05) is 23.8 Å². The fourth-order valence-corrected chi connectivity index (χ4v) is 3.66. The highest BCUT2D eigenvalue weighted by molar-refractivity contribution is 5.94. The largest absolute Gasteiger partial charge is 0.336 e.